The Morgan fingerprint density at radius 2 is 1.50 bits per heavy atom. The van der Waals surface area contributed by atoms with E-state index in [0.29, 0.717) is 33.5 Å². The first-order chi connectivity index (χ1) is 13.4. The van der Waals surface area contributed by atoms with Gasteiger partial charge in [-0.3, -0.25) is 4.79 Å². The zero-order valence-electron chi connectivity index (χ0n) is 15.9. The highest BCUT2D eigenvalue weighted by molar-refractivity contribution is 6.42. The van der Waals surface area contributed by atoms with Crippen molar-refractivity contribution in [3.63, 3.8) is 0 Å². The van der Waals surface area contributed by atoms with Gasteiger partial charge in [0, 0.05) is 30.0 Å². The summed E-state index contributed by atoms with van der Waals surface area (Å²) in [5.74, 6) is -0.140. The summed E-state index contributed by atoms with van der Waals surface area (Å²) in [6.45, 7) is 7.50. The molecule has 0 atom stereocenters. The number of likely N-dealkylation sites (N-methyl/N-ethyl adjacent to an activating group) is 1. The van der Waals surface area contributed by atoms with Crippen molar-refractivity contribution in [3.8, 4) is 0 Å². The number of anilines is 2. The Labute approximate surface area is 175 Å². The summed E-state index contributed by atoms with van der Waals surface area (Å²) in [6, 6.07) is 11.1. The number of hydrogen-bond donors (Lipinski definition) is 3. The zero-order chi connectivity index (χ0) is 20.5. The average Bonchev–Trinajstić information content (AvgIpc) is 2.68. The highest BCUT2D eigenvalue weighted by Crippen LogP contribution is 2.25. The topological polar surface area (TPSA) is 73.5 Å². The molecule has 0 unspecified atom stereocenters. The fourth-order valence-electron chi connectivity index (χ4n) is 2.54. The van der Waals surface area contributed by atoms with Crippen LogP contribution < -0.4 is 16.0 Å². The maximum atomic E-state index is 12.2. The smallest absolute Gasteiger partial charge is 0.323 e. The van der Waals surface area contributed by atoms with Gasteiger partial charge in [-0.1, -0.05) is 37.0 Å². The molecule has 0 saturated heterocycles. The lowest BCUT2D eigenvalue weighted by Crippen LogP contribution is -2.34. The van der Waals surface area contributed by atoms with Crippen LogP contribution in [0.2, 0.25) is 10.0 Å². The number of amides is 3. The van der Waals surface area contributed by atoms with Crippen molar-refractivity contribution in [2.45, 2.75) is 13.8 Å². The van der Waals surface area contributed by atoms with Gasteiger partial charge in [0.2, 0.25) is 0 Å². The van der Waals surface area contributed by atoms with E-state index in [-0.39, 0.29) is 5.91 Å². The summed E-state index contributed by atoms with van der Waals surface area (Å²) in [5, 5.41) is 9.04. The van der Waals surface area contributed by atoms with Crippen LogP contribution in [0.15, 0.2) is 42.5 Å². The second kappa shape index (κ2) is 10.9. The Kier molecular flexibility index (Phi) is 8.57. The normalized spacial score (nSPS) is 10.6. The highest BCUT2D eigenvalue weighted by atomic mass is 35.5. The zero-order valence-corrected chi connectivity index (χ0v) is 17.4. The number of benzene rings is 2. The fourth-order valence-corrected chi connectivity index (χ4v) is 2.84. The first-order valence-electron chi connectivity index (χ1n) is 9.06. The van der Waals surface area contributed by atoms with Crippen LogP contribution in [0.1, 0.15) is 24.2 Å². The second-order valence-corrected chi connectivity index (χ2v) is 6.88. The van der Waals surface area contributed by atoms with E-state index in [4.69, 9.17) is 23.2 Å². The van der Waals surface area contributed by atoms with Crippen molar-refractivity contribution in [3.05, 3.63) is 58.1 Å². The number of carbonyl (C=O) groups excluding carboxylic acids is 2. The van der Waals surface area contributed by atoms with Gasteiger partial charge in [0.05, 0.1) is 10.0 Å². The van der Waals surface area contributed by atoms with Crippen molar-refractivity contribution in [1.82, 2.24) is 10.2 Å². The largest absolute Gasteiger partial charge is 0.351 e. The third-order valence-corrected chi connectivity index (χ3v) is 4.93. The molecule has 0 aliphatic rings. The van der Waals surface area contributed by atoms with Gasteiger partial charge in [-0.2, -0.15) is 0 Å². The molecular weight excluding hydrogens is 399 g/mol. The Morgan fingerprint density at radius 1 is 0.893 bits per heavy atom. The minimum absolute atomic E-state index is 0.140. The summed E-state index contributed by atoms with van der Waals surface area (Å²) in [6.07, 6.45) is 0. The predicted octanol–water partition coefficient (Wildman–Crippen LogP) is 4.71. The lowest BCUT2D eigenvalue weighted by atomic mass is 10.2. The number of rotatable bonds is 8. The molecule has 0 aromatic heterocycles. The minimum Gasteiger partial charge on any atom is -0.351 e. The van der Waals surface area contributed by atoms with E-state index in [2.05, 4.69) is 34.7 Å². The average molecular weight is 423 g/mol. The van der Waals surface area contributed by atoms with E-state index >= 15 is 0 Å². The molecule has 0 aliphatic heterocycles. The molecule has 0 aliphatic carbocycles. The van der Waals surface area contributed by atoms with E-state index in [1.165, 1.54) is 0 Å². The van der Waals surface area contributed by atoms with Gasteiger partial charge in [0.1, 0.15) is 0 Å². The maximum Gasteiger partial charge on any atom is 0.323 e. The van der Waals surface area contributed by atoms with E-state index in [0.717, 1.165) is 19.6 Å². The molecule has 150 valence electrons. The number of nitrogens with zero attached hydrogens (tertiary/aromatic N) is 1. The first kappa shape index (κ1) is 22.0. The molecule has 3 amide bonds. The number of hydrogen-bond acceptors (Lipinski definition) is 3. The van der Waals surface area contributed by atoms with Crippen molar-refractivity contribution < 1.29 is 9.59 Å². The molecular formula is C20H24Cl2N4O2. The van der Waals surface area contributed by atoms with Crippen molar-refractivity contribution in [2.75, 3.05) is 36.8 Å². The van der Waals surface area contributed by atoms with Crippen LogP contribution in [0.25, 0.3) is 0 Å². The molecule has 0 saturated carbocycles. The second-order valence-electron chi connectivity index (χ2n) is 6.07. The van der Waals surface area contributed by atoms with E-state index in [1.807, 2.05) is 0 Å². The van der Waals surface area contributed by atoms with Crippen LogP contribution in [0, 0.1) is 0 Å². The standard InChI is InChI=1S/C20H24Cl2N4O2/c1-3-26(4-2)12-11-23-19(27)14-5-7-15(8-6-14)24-20(28)25-16-9-10-17(21)18(22)13-16/h5-10,13H,3-4,11-12H2,1-2H3,(H,23,27)(H2,24,25,28). The third-order valence-electron chi connectivity index (χ3n) is 4.19. The summed E-state index contributed by atoms with van der Waals surface area (Å²) >= 11 is 11.8. The molecule has 0 heterocycles. The number of carbonyl (C=O) groups is 2. The SMILES string of the molecule is CCN(CC)CCNC(=O)c1ccc(NC(=O)Nc2ccc(Cl)c(Cl)c2)cc1. The summed E-state index contributed by atoms with van der Waals surface area (Å²) in [5.41, 5.74) is 1.63. The molecule has 0 radical (unpaired) electrons. The van der Waals surface area contributed by atoms with Gasteiger partial charge in [-0.25, -0.2) is 4.79 Å². The maximum absolute atomic E-state index is 12.2. The molecule has 0 spiro atoms. The Bertz CT molecular complexity index is 808. The summed E-state index contributed by atoms with van der Waals surface area (Å²) < 4.78 is 0. The first-order valence-corrected chi connectivity index (χ1v) is 9.82. The van der Waals surface area contributed by atoms with Crippen LogP contribution in [0.4, 0.5) is 16.2 Å². The van der Waals surface area contributed by atoms with Gasteiger partial charge >= 0.3 is 6.03 Å². The Hall–Kier alpha value is -2.28. The lowest BCUT2D eigenvalue weighted by Gasteiger charge is -2.18. The molecule has 2 aromatic carbocycles. The summed E-state index contributed by atoms with van der Waals surface area (Å²) in [4.78, 5) is 26.5. The molecule has 28 heavy (non-hydrogen) atoms. The van der Waals surface area contributed by atoms with Crippen LogP contribution in [0.5, 0.6) is 0 Å². The van der Waals surface area contributed by atoms with Gasteiger partial charge in [0.25, 0.3) is 5.91 Å². The van der Waals surface area contributed by atoms with Crippen LogP contribution in [0.3, 0.4) is 0 Å². The van der Waals surface area contributed by atoms with Crippen LogP contribution in [-0.4, -0.2) is 43.0 Å². The Morgan fingerprint density at radius 3 is 2.11 bits per heavy atom. The number of urea groups is 1. The molecule has 0 fully saturated rings. The molecule has 0 bridgehead atoms. The van der Waals surface area contributed by atoms with Gasteiger partial charge in [-0.05, 0) is 55.6 Å². The van der Waals surface area contributed by atoms with Gasteiger partial charge < -0.3 is 20.9 Å². The van der Waals surface area contributed by atoms with E-state index < -0.39 is 6.03 Å². The monoisotopic (exact) mass is 422 g/mol. The van der Waals surface area contributed by atoms with E-state index in [9.17, 15) is 9.59 Å². The van der Waals surface area contributed by atoms with Gasteiger partial charge in [0.15, 0.2) is 0 Å². The third kappa shape index (κ3) is 6.71. The van der Waals surface area contributed by atoms with Crippen LogP contribution in [-0.2, 0) is 0 Å². The van der Waals surface area contributed by atoms with E-state index in [1.54, 1.807) is 42.5 Å². The Balaban J connectivity index is 1.85. The molecule has 3 N–H and O–H groups in total. The minimum atomic E-state index is -0.421. The van der Waals surface area contributed by atoms with Gasteiger partial charge in [-0.15, -0.1) is 0 Å². The molecule has 2 rings (SSSR count). The molecule has 8 heteroatoms. The lowest BCUT2D eigenvalue weighted by molar-refractivity contribution is 0.0949. The predicted molar refractivity (Wildman–Crippen MR) is 116 cm³/mol. The van der Waals surface area contributed by atoms with Crippen molar-refractivity contribution in [2.24, 2.45) is 0 Å². The van der Waals surface area contributed by atoms with Crippen molar-refractivity contribution in [1.29, 1.82) is 0 Å². The van der Waals surface area contributed by atoms with Crippen molar-refractivity contribution >= 4 is 46.5 Å². The number of nitrogens with one attached hydrogen (secondary N) is 3. The van der Waals surface area contributed by atoms with Crippen LogP contribution >= 0.6 is 23.2 Å². The molecule has 6 nitrogen and oxygen atoms in total. The number of halogens is 2. The molecule has 2 aromatic rings. The summed E-state index contributed by atoms with van der Waals surface area (Å²) in [7, 11) is 0. The fraction of sp³-hybridized carbons (Fsp3) is 0.300. The quantitative estimate of drug-likeness (QED) is 0.576. The highest BCUT2D eigenvalue weighted by Gasteiger charge is 2.08.